The van der Waals surface area contributed by atoms with E-state index in [0.29, 0.717) is 6.61 Å². The zero-order valence-corrected chi connectivity index (χ0v) is 20.5. The molecule has 0 aromatic heterocycles. The van der Waals surface area contributed by atoms with Crippen molar-refractivity contribution in [1.29, 1.82) is 0 Å². The van der Waals surface area contributed by atoms with E-state index in [1.165, 1.54) is 5.23 Å². The summed E-state index contributed by atoms with van der Waals surface area (Å²) in [5.41, 5.74) is 1.85. The minimum absolute atomic E-state index is 0.0288. The van der Waals surface area contributed by atoms with E-state index in [1.54, 1.807) is 0 Å². The fourth-order valence-corrected chi connectivity index (χ4v) is 13.8. The molecule has 0 bridgehead atoms. The van der Waals surface area contributed by atoms with E-state index in [4.69, 9.17) is 26.4 Å². The van der Waals surface area contributed by atoms with E-state index in [1.807, 2.05) is 36.4 Å². The first kappa shape index (κ1) is 19.7. The predicted octanol–water partition coefficient (Wildman–Crippen LogP) is 4.28. The number of benzene rings is 1. The standard InChI is InChI=1S/C9H7.C5H13O2Si.CH3.2ClH.O.H3Si.Ti/c1-2-5-9-7-3-6-8(9)4-1;1-8(2,3)7-5-4-6;;;;;;/h1-7H;4-5H2,1-3H3;1H3;2*1H;;1H3;/q;-1;;;;;;+3/p-2. The number of allylic oxidation sites excluding steroid dienone is 1. The molecule has 1 unspecified atom stereocenters. The van der Waals surface area contributed by atoms with Gasteiger partial charge in [0.05, 0.1) is 0 Å². The fourth-order valence-electron chi connectivity index (χ4n) is 3.01. The van der Waals surface area contributed by atoms with E-state index < -0.39 is 22.8 Å². The van der Waals surface area contributed by atoms with Crippen molar-refractivity contribution in [3.8, 4) is 0 Å². The first-order chi connectivity index (χ1) is 10.0. The SMILES string of the molecule is C[Si](C)(C)OCC[O][Ti]([CH3])(=[O])([SiH3])([Cl])([Cl])[CH]1C=Cc2ccccc21. The Hall–Kier alpha value is 0.408. The summed E-state index contributed by atoms with van der Waals surface area (Å²) >= 11 is 0. The van der Waals surface area contributed by atoms with Crippen LogP contribution < -0.4 is 0 Å². The van der Waals surface area contributed by atoms with Crippen LogP contribution in [-0.4, -0.2) is 29.6 Å². The monoisotopic (exact) mass is 428 g/mol. The number of fused-ring (bicyclic) bond motifs is 1. The average molecular weight is 429 g/mol. The maximum atomic E-state index is 14.2. The van der Waals surface area contributed by atoms with Crippen molar-refractivity contribution in [2.75, 3.05) is 13.2 Å². The molecule has 1 aromatic rings. The molecule has 130 valence electrons. The molecule has 3 nitrogen and oxygen atoms in total. The van der Waals surface area contributed by atoms with Crippen molar-refractivity contribution in [3.63, 3.8) is 0 Å². The Morgan fingerprint density at radius 1 is 1.22 bits per heavy atom. The number of rotatable bonds is 6. The molecular weight excluding hydrogens is 403 g/mol. The van der Waals surface area contributed by atoms with Crippen LogP contribution in [0.3, 0.4) is 0 Å². The van der Waals surface area contributed by atoms with Gasteiger partial charge in [-0.25, -0.2) is 0 Å². The van der Waals surface area contributed by atoms with Crippen LogP contribution in [0.4, 0.5) is 0 Å². The van der Waals surface area contributed by atoms with Crippen molar-refractivity contribution in [1.82, 2.24) is 0 Å². The van der Waals surface area contributed by atoms with Gasteiger partial charge in [-0.15, -0.1) is 0 Å². The Labute approximate surface area is 145 Å². The molecule has 0 radical (unpaired) electrons. The van der Waals surface area contributed by atoms with Crippen LogP contribution in [0.15, 0.2) is 30.3 Å². The molecule has 1 aliphatic carbocycles. The van der Waals surface area contributed by atoms with Gasteiger partial charge < -0.3 is 0 Å². The molecule has 0 amide bonds. The Kier molecular flexibility index (Phi) is 4.09. The van der Waals surface area contributed by atoms with Gasteiger partial charge in [-0.2, -0.15) is 0 Å². The fraction of sp³-hybridized carbons (Fsp3) is 0.467. The van der Waals surface area contributed by atoms with Crippen molar-refractivity contribution in [2.45, 2.75) is 29.1 Å². The van der Waals surface area contributed by atoms with E-state index >= 15 is 0 Å². The Balaban J connectivity index is 2.32. The molecule has 2 rings (SSSR count). The van der Waals surface area contributed by atoms with Crippen LogP contribution in [0.1, 0.15) is 15.3 Å². The third-order valence-electron chi connectivity index (χ3n) is 4.17. The molecule has 0 fully saturated rings. The summed E-state index contributed by atoms with van der Waals surface area (Å²) in [4.78, 5) is 0. The van der Waals surface area contributed by atoms with Crippen LogP contribution in [0.5, 0.6) is 0 Å². The van der Waals surface area contributed by atoms with Gasteiger partial charge >= 0.3 is 146 Å². The van der Waals surface area contributed by atoms with Crippen LogP contribution >= 0.6 is 18.6 Å². The molecule has 1 aromatic carbocycles. The second-order valence-corrected chi connectivity index (χ2v) is 58.1. The number of hydrogen-bond acceptors (Lipinski definition) is 3. The second-order valence-electron chi connectivity index (χ2n) is 8.84. The van der Waals surface area contributed by atoms with Crippen molar-refractivity contribution < 1.29 is 21.3 Å². The van der Waals surface area contributed by atoms with Gasteiger partial charge in [-0.05, 0) is 0 Å². The van der Waals surface area contributed by atoms with Gasteiger partial charge in [0.25, 0.3) is 0 Å². The zero-order chi connectivity index (χ0) is 17.7. The van der Waals surface area contributed by atoms with Crippen molar-refractivity contribution in [2.24, 2.45) is 0 Å². The first-order valence-corrected chi connectivity index (χ1v) is 25.1. The van der Waals surface area contributed by atoms with Crippen LogP contribution in [0.2, 0.25) is 24.9 Å². The van der Waals surface area contributed by atoms with Gasteiger partial charge in [-0.1, -0.05) is 0 Å². The third-order valence-corrected chi connectivity index (χ3v) is 18.1. The Morgan fingerprint density at radius 2 is 1.83 bits per heavy atom. The Morgan fingerprint density at radius 3 is 2.43 bits per heavy atom. The van der Waals surface area contributed by atoms with Gasteiger partial charge in [-0.3, -0.25) is 0 Å². The molecule has 0 heterocycles. The molecule has 1 aliphatic rings. The molecule has 8 heteroatoms. The molecule has 23 heavy (non-hydrogen) atoms. The maximum absolute atomic E-state index is 14.2. The van der Waals surface area contributed by atoms with E-state index in [0.717, 1.165) is 11.1 Å². The van der Waals surface area contributed by atoms with Gasteiger partial charge in [0.15, 0.2) is 0 Å². The molecule has 0 saturated carbocycles. The summed E-state index contributed by atoms with van der Waals surface area (Å²) in [6.45, 7) is 6.73. The molecule has 0 saturated heterocycles. The van der Waals surface area contributed by atoms with Gasteiger partial charge in [0, 0.05) is 0 Å². The second kappa shape index (κ2) is 4.77. The van der Waals surface area contributed by atoms with Gasteiger partial charge in [0.2, 0.25) is 0 Å². The van der Waals surface area contributed by atoms with E-state index in [9.17, 15) is 3.32 Å². The summed E-state index contributed by atoms with van der Waals surface area (Å²) in [5, 5.41) is 1.44. The number of halogens is 2. The molecular formula is C15H26Cl2O3Si2Ti. The van der Waals surface area contributed by atoms with Crippen LogP contribution in [0.25, 0.3) is 6.08 Å². The predicted molar refractivity (Wildman–Crippen MR) is 102 cm³/mol. The third kappa shape index (κ3) is 4.73. The summed E-state index contributed by atoms with van der Waals surface area (Å²) in [6.07, 6.45) is 3.73. The zero-order valence-electron chi connectivity index (χ0n) is 14.4. The topological polar surface area (TPSA) is 35.5 Å². The Bertz CT molecular complexity index is 772. The quantitative estimate of drug-likeness (QED) is 0.500. The molecule has 1 atom stereocenters. The first-order valence-electron chi connectivity index (χ1n) is 7.93. The van der Waals surface area contributed by atoms with Crippen LogP contribution in [-0.2, 0) is 21.3 Å². The minimum atomic E-state index is -6.37. The van der Waals surface area contributed by atoms with Gasteiger partial charge in [0.1, 0.15) is 0 Å². The summed E-state index contributed by atoms with van der Waals surface area (Å²) < 4.78 is 25.2. The molecule has 0 N–H and O–H groups in total. The normalized spacial score (nSPS) is 22.9. The van der Waals surface area contributed by atoms with Crippen LogP contribution in [0, 0.1) is 0 Å². The van der Waals surface area contributed by atoms with E-state index in [-0.39, 0.29) is 14.7 Å². The summed E-state index contributed by atoms with van der Waals surface area (Å²) in [6, 6.07) is 7.71. The summed E-state index contributed by atoms with van der Waals surface area (Å²) in [5.74, 6) is 0. The van der Waals surface area contributed by atoms with Crippen molar-refractivity contribution >= 4 is 41.1 Å². The van der Waals surface area contributed by atoms with E-state index in [2.05, 4.69) is 19.6 Å². The summed E-state index contributed by atoms with van der Waals surface area (Å²) in [7, 11) is 5.63. The van der Waals surface area contributed by atoms with Crippen molar-refractivity contribution in [3.05, 3.63) is 41.5 Å². The average Bonchev–Trinajstić information content (AvgIpc) is 2.78. The molecule has 0 spiro atoms. The number of hydrogen-bond donors (Lipinski definition) is 0. The molecule has 0 aliphatic heterocycles.